The first-order chi connectivity index (χ1) is 8.99. The molecule has 2 aromatic carbocycles. The maximum atomic E-state index is 13.1. The standard InChI is InChI=1S/C13H8Cl2FNO2/c14-9-2-1-3-10(15)12(9)17-13(19)8-6-7(16)4-5-11(8)18/h1-6,18H,(H,17,19). The summed E-state index contributed by atoms with van der Waals surface area (Å²) in [7, 11) is 0. The van der Waals surface area contributed by atoms with Gasteiger partial charge in [-0.05, 0) is 30.3 Å². The van der Waals surface area contributed by atoms with Gasteiger partial charge in [0.2, 0.25) is 0 Å². The van der Waals surface area contributed by atoms with Crippen LogP contribution in [0.1, 0.15) is 10.4 Å². The average Bonchev–Trinajstić information content (AvgIpc) is 2.37. The molecule has 0 aliphatic rings. The molecule has 2 aromatic rings. The second-order valence-corrected chi connectivity index (χ2v) is 4.53. The Kier molecular flexibility index (Phi) is 3.93. The third kappa shape index (κ3) is 2.97. The highest BCUT2D eigenvalue weighted by molar-refractivity contribution is 6.40. The first-order valence-corrected chi connectivity index (χ1v) is 5.98. The van der Waals surface area contributed by atoms with Crippen LogP contribution in [0.15, 0.2) is 36.4 Å². The number of hydrogen-bond acceptors (Lipinski definition) is 2. The summed E-state index contributed by atoms with van der Waals surface area (Å²) >= 11 is 11.8. The number of rotatable bonds is 2. The zero-order chi connectivity index (χ0) is 14.0. The van der Waals surface area contributed by atoms with Crippen molar-refractivity contribution in [1.29, 1.82) is 0 Å². The van der Waals surface area contributed by atoms with Gasteiger partial charge in [-0.25, -0.2) is 4.39 Å². The predicted octanol–water partition coefficient (Wildman–Crippen LogP) is 4.09. The minimum atomic E-state index is -0.702. The number of amides is 1. The van der Waals surface area contributed by atoms with Gasteiger partial charge in [0.1, 0.15) is 11.6 Å². The van der Waals surface area contributed by atoms with Gasteiger partial charge in [0.15, 0.2) is 0 Å². The van der Waals surface area contributed by atoms with Gasteiger partial charge in [-0.1, -0.05) is 29.3 Å². The van der Waals surface area contributed by atoms with Gasteiger partial charge in [-0.2, -0.15) is 0 Å². The summed E-state index contributed by atoms with van der Waals surface area (Å²) in [4.78, 5) is 11.9. The molecular formula is C13H8Cl2FNO2. The Hall–Kier alpha value is -1.78. The van der Waals surface area contributed by atoms with E-state index in [1.807, 2.05) is 0 Å². The van der Waals surface area contributed by atoms with Gasteiger partial charge in [0.25, 0.3) is 5.91 Å². The molecule has 0 aromatic heterocycles. The monoisotopic (exact) mass is 299 g/mol. The number of carbonyl (C=O) groups excluding carboxylic acids is 1. The molecule has 0 saturated heterocycles. The van der Waals surface area contributed by atoms with Crippen molar-refractivity contribution in [2.75, 3.05) is 5.32 Å². The lowest BCUT2D eigenvalue weighted by molar-refractivity contribution is 0.102. The van der Waals surface area contributed by atoms with Gasteiger partial charge in [-0.3, -0.25) is 4.79 Å². The number of aromatic hydroxyl groups is 1. The molecule has 0 aliphatic carbocycles. The molecule has 0 unspecified atom stereocenters. The van der Waals surface area contributed by atoms with E-state index in [2.05, 4.69) is 5.32 Å². The summed E-state index contributed by atoms with van der Waals surface area (Å²) in [5.74, 6) is -1.66. The van der Waals surface area contributed by atoms with Crippen LogP contribution in [0.3, 0.4) is 0 Å². The molecule has 98 valence electrons. The number of hydrogen-bond donors (Lipinski definition) is 2. The van der Waals surface area contributed by atoms with Crippen molar-refractivity contribution in [3.05, 3.63) is 57.8 Å². The Labute approximate surface area is 118 Å². The van der Waals surface area contributed by atoms with E-state index in [0.717, 1.165) is 18.2 Å². The maximum Gasteiger partial charge on any atom is 0.259 e. The molecule has 0 heterocycles. The van der Waals surface area contributed by atoms with Crippen molar-refractivity contribution in [1.82, 2.24) is 0 Å². The molecule has 0 atom stereocenters. The second-order valence-electron chi connectivity index (χ2n) is 3.71. The van der Waals surface area contributed by atoms with Crippen LogP contribution in [-0.2, 0) is 0 Å². The van der Waals surface area contributed by atoms with E-state index in [0.29, 0.717) is 0 Å². The number of carbonyl (C=O) groups is 1. The van der Waals surface area contributed by atoms with Crippen molar-refractivity contribution < 1.29 is 14.3 Å². The molecule has 3 nitrogen and oxygen atoms in total. The number of phenolic OH excluding ortho intramolecular Hbond substituents is 1. The fraction of sp³-hybridized carbons (Fsp3) is 0. The molecule has 0 spiro atoms. The van der Waals surface area contributed by atoms with Gasteiger partial charge >= 0.3 is 0 Å². The highest BCUT2D eigenvalue weighted by Gasteiger charge is 2.15. The van der Waals surface area contributed by atoms with Crippen LogP contribution in [0.25, 0.3) is 0 Å². The van der Waals surface area contributed by atoms with E-state index in [9.17, 15) is 14.3 Å². The molecule has 0 saturated carbocycles. The molecule has 0 fully saturated rings. The van der Waals surface area contributed by atoms with E-state index in [1.165, 1.54) is 0 Å². The third-order valence-electron chi connectivity index (χ3n) is 2.40. The lowest BCUT2D eigenvalue weighted by atomic mass is 10.1. The third-order valence-corrected chi connectivity index (χ3v) is 3.03. The zero-order valence-corrected chi connectivity index (χ0v) is 11.0. The zero-order valence-electron chi connectivity index (χ0n) is 9.45. The van der Waals surface area contributed by atoms with E-state index >= 15 is 0 Å². The Balaban J connectivity index is 2.34. The fourth-order valence-corrected chi connectivity index (χ4v) is 1.98. The Morgan fingerprint density at radius 1 is 1.16 bits per heavy atom. The molecule has 19 heavy (non-hydrogen) atoms. The molecule has 6 heteroatoms. The van der Waals surface area contributed by atoms with Crippen LogP contribution in [0.2, 0.25) is 10.0 Å². The number of para-hydroxylation sites is 1. The quantitative estimate of drug-likeness (QED) is 0.877. The summed E-state index contributed by atoms with van der Waals surface area (Å²) in [6.45, 7) is 0. The Morgan fingerprint density at radius 2 is 1.79 bits per heavy atom. The summed E-state index contributed by atoms with van der Waals surface area (Å²) in [5, 5.41) is 12.5. The summed E-state index contributed by atoms with van der Waals surface area (Å²) in [6.07, 6.45) is 0. The molecule has 2 N–H and O–H groups in total. The lowest BCUT2D eigenvalue weighted by Crippen LogP contribution is -2.13. The number of halogens is 3. The number of benzene rings is 2. The number of anilines is 1. The van der Waals surface area contributed by atoms with Crippen molar-refractivity contribution in [2.24, 2.45) is 0 Å². The highest BCUT2D eigenvalue weighted by atomic mass is 35.5. The van der Waals surface area contributed by atoms with Crippen LogP contribution in [0, 0.1) is 5.82 Å². The number of nitrogens with one attached hydrogen (secondary N) is 1. The van der Waals surface area contributed by atoms with Gasteiger partial charge in [0.05, 0.1) is 21.3 Å². The summed E-state index contributed by atoms with van der Waals surface area (Å²) in [5.41, 5.74) is 0.00970. The van der Waals surface area contributed by atoms with Crippen molar-refractivity contribution in [2.45, 2.75) is 0 Å². The summed E-state index contributed by atoms with van der Waals surface area (Å²) < 4.78 is 13.1. The van der Waals surface area contributed by atoms with Gasteiger partial charge in [0, 0.05) is 0 Å². The van der Waals surface area contributed by atoms with Crippen LogP contribution < -0.4 is 5.32 Å². The molecule has 0 radical (unpaired) electrons. The molecule has 1 amide bonds. The minimum Gasteiger partial charge on any atom is -0.507 e. The van der Waals surface area contributed by atoms with Crippen molar-refractivity contribution in [3.8, 4) is 5.75 Å². The van der Waals surface area contributed by atoms with E-state index in [4.69, 9.17) is 23.2 Å². The van der Waals surface area contributed by atoms with Crippen LogP contribution in [-0.4, -0.2) is 11.0 Å². The van der Waals surface area contributed by atoms with Gasteiger partial charge < -0.3 is 10.4 Å². The SMILES string of the molecule is O=C(Nc1c(Cl)cccc1Cl)c1cc(F)ccc1O. The first kappa shape index (κ1) is 13.6. The molecule has 0 bridgehead atoms. The van der Waals surface area contributed by atoms with Gasteiger partial charge in [-0.15, -0.1) is 0 Å². The second kappa shape index (κ2) is 5.47. The van der Waals surface area contributed by atoms with Crippen LogP contribution in [0.4, 0.5) is 10.1 Å². The predicted molar refractivity (Wildman–Crippen MR) is 72.5 cm³/mol. The summed E-state index contributed by atoms with van der Waals surface area (Å²) in [6, 6.07) is 7.80. The van der Waals surface area contributed by atoms with E-state index in [1.54, 1.807) is 18.2 Å². The largest absolute Gasteiger partial charge is 0.507 e. The Morgan fingerprint density at radius 3 is 2.42 bits per heavy atom. The van der Waals surface area contributed by atoms with Crippen molar-refractivity contribution >= 4 is 34.8 Å². The molecule has 2 rings (SSSR count). The van der Waals surface area contributed by atoms with Crippen LogP contribution >= 0.6 is 23.2 Å². The Bertz CT molecular complexity index is 626. The smallest absolute Gasteiger partial charge is 0.259 e. The fourth-order valence-electron chi connectivity index (χ4n) is 1.49. The van der Waals surface area contributed by atoms with E-state index < -0.39 is 11.7 Å². The first-order valence-electron chi connectivity index (χ1n) is 5.23. The minimum absolute atomic E-state index is 0.198. The topological polar surface area (TPSA) is 49.3 Å². The normalized spacial score (nSPS) is 10.3. The lowest BCUT2D eigenvalue weighted by Gasteiger charge is -2.10. The van der Waals surface area contributed by atoms with E-state index in [-0.39, 0.29) is 27.0 Å². The van der Waals surface area contributed by atoms with Crippen molar-refractivity contribution in [3.63, 3.8) is 0 Å². The molecular weight excluding hydrogens is 292 g/mol. The van der Waals surface area contributed by atoms with Crippen LogP contribution in [0.5, 0.6) is 5.75 Å². The maximum absolute atomic E-state index is 13.1. The molecule has 0 aliphatic heterocycles. The number of phenols is 1. The highest BCUT2D eigenvalue weighted by Crippen LogP contribution is 2.31. The average molecular weight is 300 g/mol.